The Morgan fingerprint density at radius 3 is 1.22 bits per heavy atom. The number of aromatic nitrogens is 3. The van der Waals surface area contributed by atoms with Gasteiger partial charge in [0.25, 0.3) is 0 Å². The third kappa shape index (κ3) is 5.60. The van der Waals surface area contributed by atoms with Gasteiger partial charge in [0.15, 0.2) is 17.5 Å². The summed E-state index contributed by atoms with van der Waals surface area (Å²) in [6.07, 6.45) is 0. The fraction of sp³-hybridized carbons (Fsp3) is 0. The first kappa shape index (κ1) is 28.3. The third-order valence-electron chi connectivity index (χ3n) is 7.74. The van der Waals surface area contributed by atoms with E-state index in [1.54, 1.807) is 12.1 Å². The number of phenols is 4. The molecule has 6 aromatic carbocycles. The van der Waals surface area contributed by atoms with Crippen molar-refractivity contribution in [3.63, 3.8) is 0 Å². The molecule has 0 atom stereocenters. The Morgan fingerprint density at radius 2 is 0.717 bits per heavy atom. The van der Waals surface area contributed by atoms with E-state index in [1.165, 1.54) is 24.3 Å². The van der Waals surface area contributed by atoms with Crippen LogP contribution in [0.2, 0.25) is 0 Å². The first-order chi connectivity index (χ1) is 22.4. The summed E-state index contributed by atoms with van der Waals surface area (Å²) in [6, 6.07) is 42.0. The van der Waals surface area contributed by atoms with Crippen molar-refractivity contribution < 1.29 is 20.4 Å². The van der Waals surface area contributed by atoms with Crippen LogP contribution in [0.3, 0.4) is 0 Å². The van der Waals surface area contributed by atoms with Crippen LogP contribution in [0.4, 0.5) is 0 Å². The molecule has 0 spiro atoms. The van der Waals surface area contributed by atoms with Crippen LogP contribution in [0.5, 0.6) is 23.0 Å². The predicted molar refractivity (Wildman–Crippen MR) is 179 cm³/mol. The molecule has 0 radical (unpaired) electrons. The molecular formula is C39H27N3O4. The van der Waals surface area contributed by atoms with Crippen molar-refractivity contribution in [1.82, 2.24) is 15.0 Å². The number of nitrogens with zero attached hydrogens (tertiary/aromatic N) is 3. The van der Waals surface area contributed by atoms with Crippen LogP contribution in [-0.2, 0) is 0 Å². The molecule has 7 aromatic rings. The molecule has 1 heterocycles. The smallest absolute Gasteiger partial charge is 0.164 e. The van der Waals surface area contributed by atoms with Gasteiger partial charge in [-0.1, -0.05) is 97.1 Å². The minimum absolute atomic E-state index is 0.00985. The molecule has 4 N–H and O–H groups in total. The van der Waals surface area contributed by atoms with Crippen molar-refractivity contribution in [3.05, 3.63) is 140 Å². The monoisotopic (exact) mass is 601 g/mol. The minimum atomic E-state index is -0.0534. The lowest BCUT2D eigenvalue weighted by atomic mass is 9.93. The maximum atomic E-state index is 10.7. The Bertz CT molecular complexity index is 2130. The predicted octanol–water partition coefficient (Wildman–Crippen LogP) is 8.70. The number of aromatic hydroxyl groups is 4. The van der Waals surface area contributed by atoms with Crippen LogP contribution in [0.15, 0.2) is 140 Å². The maximum Gasteiger partial charge on any atom is 0.164 e. The summed E-state index contributed by atoms with van der Waals surface area (Å²) in [6.45, 7) is 0. The second-order valence-corrected chi connectivity index (χ2v) is 10.8. The normalized spacial score (nSPS) is 11.0. The molecule has 0 fully saturated rings. The number of rotatable bonds is 6. The second-order valence-electron chi connectivity index (χ2n) is 10.8. The molecule has 7 nitrogen and oxygen atoms in total. The van der Waals surface area contributed by atoms with E-state index in [2.05, 4.69) is 0 Å². The zero-order valence-electron chi connectivity index (χ0n) is 24.4. The molecule has 0 unspecified atom stereocenters. The average molecular weight is 602 g/mol. The highest BCUT2D eigenvalue weighted by atomic mass is 16.3. The van der Waals surface area contributed by atoms with Gasteiger partial charge in [-0.25, -0.2) is 15.0 Å². The Balaban J connectivity index is 1.43. The van der Waals surface area contributed by atoms with Gasteiger partial charge in [-0.15, -0.1) is 0 Å². The summed E-state index contributed by atoms with van der Waals surface area (Å²) < 4.78 is 0. The SMILES string of the molecule is Oc1ccc(-c2ccc(-c3ccc(-c4ccc(O)cc4O)cc3-c3nc(-c4ccccc4)nc(-c4ccccc4)n3)cc2)c(O)c1. The molecule has 7 heteroatoms. The fourth-order valence-corrected chi connectivity index (χ4v) is 5.44. The molecule has 0 amide bonds. The number of phenolic OH excluding ortho intramolecular Hbond substituents is 4. The molecule has 0 saturated carbocycles. The molecule has 7 rings (SSSR count). The van der Waals surface area contributed by atoms with Crippen molar-refractivity contribution in [2.45, 2.75) is 0 Å². The van der Waals surface area contributed by atoms with E-state index in [-0.39, 0.29) is 23.0 Å². The van der Waals surface area contributed by atoms with E-state index < -0.39 is 0 Å². The van der Waals surface area contributed by atoms with Crippen molar-refractivity contribution in [2.24, 2.45) is 0 Å². The Kier molecular flexibility index (Phi) is 7.32. The summed E-state index contributed by atoms with van der Waals surface area (Å²) in [5, 5.41) is 40.8. The van der Waals surface area contributed by atoms with E-state index in [0.29, 0.717) is 39.7 Å². The van der Waals surface area contributed by atoms with Gasteiger partial charge in [0, 0.05) is 39.9 Å². The van der Waals surface area contributed by atoms with Gasteiger partial charge in [-0.05, 0) is 52.6 Å². The standard InChI is InChI=1S/C39H27N3O4/c43-29-16-19-32(35(45)22-29)25-13-11-24(12-14-25)31-18-15-28(33-20-17-30(44)23-36(33)46)21-34(31)39-41-37(26-7-3-1-4-8-26)40-38(42-39)27-9-5-2-6-10-27/h1-23,43-46H. The molecule has 46 heavy (non-hydrogen) atoms. The minimum Gasteiger partial charge on any atom is -0.508 e. The molecular weight excluding hydrogens is 574 g/mol. The van der Waals surface area contributed by atoms with E-state index in [1.807, 2.05) is 103 Å². The molecule has 1 aromatic heterocycles. The van der Waals surface area contributed by atoms with Crippen LogP contribution in [-0.4, -0.2) is 35.4 Å². The largest absolute Gasteiger partial charge is 0.508 e. The first-order valence-electron chi connectivity index (χ1n) is 14.6. The van der Waals surface area contributed by atoms with Crippen molar-refractivity contribution in [3.8, 4) is 90.5 Å². The Labute approximate surface area is 265 Å². The molecule has 222 valence electrons. The summed E-state index contributed by atoms with van der Waals surface area (Å²) in [5.41, 5.74) is 6.75. The van der Waals surface area contributed by atoms with Gasteiger partial charge in [-0.2, -0.15) is 0 Å². The zero-order valence-corrected chi connectivity index (χ0v) is 24.4. The molecule has 0 saturated heterocycles. The van der Waals surface area contributed by atoms with E-state index in [9.17, 15) is 20.4 Å². The number of hydrogen-bond donors (Lipinski definition) is 4. The molecule has 0 aliphatic rings. The summed E-state index contributed by atoms with van der Waals surface area (Å²) in [7, 11) is 0. The lowest BCUT2D eigenvalue weighted by Crippen LogP contribution is -2.01. The van der Waals surface area contributed by atoms with Gasteiger partial charge in [0.05, 0.1) is 0 Å². The van der Waals surface area contributed by atoms with Gasteiger partial charge in [0.2, 0.25) is 0 Å². The Hall–Kier alpha value is -6.47. The van der Waals surface area contributed by atoms with Crippen LogP contribution in [0, 0.1) is 0 Å². The number of benzene rings is 6. The van der Waals surface area contributed by atoms with Crippen molar-refractivity contribution >= 4 is 0 Å². The van der Waals surface area contributed by atoms with E-state index in [0.717, 1.165) is 27.8 Å². The number of hydrogen-bond acceptors (Lipinski definition) is 7. The van der Waals surface area contributed by atoms with Crippen LogP contribution in [0.1, 0.15) is 0 Å². The highest BCUT2D eigenvalue weighted by Crippen LogP contribution is 2.40. The molecule has 0 aliphatic heterocycles. The van der Waals surface area contributed by atoms with Gasteiger partial charge >= 0.3 is 0 Å². The lowest BCUT2D eigenvalue weighted by Gasteiger charge is -2.15. The lowest BCUT2D eigenvalue weighted by molar-refractivity contribution is 0.451. The zero-order chi connectivity index (χ0) is 31.6. The first-order valence-corrected chi connectivity index (χ1v) is 14.6. The van der Waals surface area contributed by atoms with Crippen molar-refractivity contribution in [2.75, 3.05) is 0 Å². The summed E-state index contributed by atoms with van der Waals surface area (Å²) in [5.74, 6) is 1.38. The van der Waals surface area contributed by atoms with E-state index >= 15 is 0 Å². The molecule has 0 aliphatic carbocycles. The Morgan fingerprint density at radius 1 is 0.304 bits per heavy atom. The topological polar surface area (TPSA) is 120 Å². The fourth-order valence-electron chi connectivity index (χ4n) is 5.44. The summed E-state index contributed by atoms with van der Waals surface area (Å²) >= 11 is 0. The van der Waals surface area contributed by atoms with E-state index in [4.69, 9.17) is 15.0 Å². The van der Waals surface area contributed by atoms with Crippen LogP contribution >= 0.6 is 0 Å². The molecule has 0 bridgehead atoms. The van der Waals surface area contributed by atoms with Crippen LogP contribution in [0.25, 0.3) is 67.5 Å². The second kappa shape index (κ2) is 11.9. The van der Waals surface area contributed by atoms with Gasteiger partial charge in [-0.3, -0.25) is 0 Å². The summed E-state index contributed by atoms with van der Waals surface area (Å²) in [4.78, 5) is 14.8. The third-order valence-corrected chi connectivity index (χ3v) is 7.74. The maximum absolute atomic E-state index is 10.7. The quantitative estimate of drug-likeness (QED) is 0.150. The highest BCUT2D eigenvalue weighted by Gasteiger charge is 2.18. The van der Waals surface area contributed by atoms with Gasteiger partial charge < -0.3 is 20.4 Å². The average Bonchev–Trinajstić information content (AvgIpc) is 3.09. The highest BCUT2D eigenvalue weighted by molar-refractivity contribution is 5.87. The van der Waals surface area contributed by atoms with Crippen LogP contribution < -0.4 is 0 Å². The van der Waals surface area contributed by atoms with Crippen molar-refractivity contribution in [1.29, 1.82) is 0 Å². The van der Waals surface area contributed by atoms with Gasteiger partial charge in [0.1, 0.15) is 23.0 Å².